The number of aromatic nitrogens is 2. The van der Waals surface area contributed by atoms with Gasteiger partial charge in [-0.05, 0) is 31.2 Å². The second kappa shape index (κ2) is 8.83. The van der Waals surface area contributed by atoms with E-state index in [9.17, 15) is 18.0 Å². The summed E-state index contributed by atoms with van der Waals surface area (Å²) in [7, 11) is 0. The van der Waals surface area contributed by atoms with Crippen LogP contribution < -0.4 is 15.5 Å². The molecule has 0 saturated carbocycles. The van der Waals surface area contributed by atoms with Crippen molar-refractivity contribution in [2.75, 3.05) is 36.5 Å². The van der Waals surface area contributed by atoms with Crippen LogP contribution in [0.5, 0.6) is 0 Å². The maximum Gasteiger partial charge on any atom is 0.417 e. The Kier molecular flexibility index (Phi) is 6.43. The van der Waals surface area contributed by atoms with Gasteiger partial charge in [0.15, 0.2) is 0 Å². The van der Waals surface area contributed by atoms with Crippen LogP contribution in [0.15, 0.2) is 24.3 Å². The van der Waals surface area contributed by atoms with Crippen molar-refractivity contribution in [1.29, 1.82) is 0 Å². The van der Waals surface area contributed by atoms with E-state index in [2.05, 4.69) is 20.6 Å². The third kappa shape index (κ3) is 5.70. The van der Waals surface area contributed by atoms with Gasteiger partial charge in [0.05, 0.1) is 36.0 Å². The first kappa shape index (κ1) is 21.1. The van der Waals surface area contributed by atoms with Crippen LogP contribution in [0, 0.1) is 6.92 Å². The number of morpholine rings is 1. The van der Waals surface area contributed by atoms with Crippen LogP contribution in [0.3, 0.4) is 0 Å². The third-order valence-corrected chi connectivity index (χ3v) is 4.48. The van der Waals surface area contributed by atoms with Crippen molar-refractivity contribution in [3.63, 3.8) is 0 Å². The zero-order valence-electron chi connectivity index (χ0n) is 15.5. The Bertz CT molecular complexity index is 888. The van der Waals surface area contributed by atoms with Crippen molar-refractivity contribution < 1.29 is 22.7 Å². The zero-order valence-corrected chi connectivity index (χ0v) is 16.3. The first-order valence-corrected chi connectivity index (χ1v) is 9.19. The van der Waals surface area contributed by atoms with Gasteiger partial charge in [-0.3, -0.25) is 0 Å². The number of carbonyl (C=O) groups is 1. The quantitative estimate of drug-likeness (QED) is 0.776. The summed E-state index contributed by atoms with van der Waals surface area (Å²) in [4.78, 5) is 22.9. The van der Waals surface area contributed by atoms with Gasteiger partial charge < -0.3 is 20.3 Å². The molecule has 1 saturated heterocycles. The summed E-state index contributed by atoms with van der Waals surface area (Å²) in [5.74, 6) is 0.554. The van der Waals surface area contributed by atoms with E-state index in [1.807, 2.05) is 11.8 Å². The van der Waals surface area contributed by atoms with E-state index in [0.29, 0.717) is 37.9 Å². The van der Waals surface area contributed by atoms with Gasteiger partial charge in [-0.25, -0.2) is 14.8 Å². The molecule has 2 aromatic rings. The molecule has 7 nitrogen and oxygen atoms in total. The van der Waals surface area contributed by atoms with E-state index in [1.54, 1.807) is 6.07 Å². The standard InChI is InChI=1S/C18H19ClF3N5O2/c1-11-8-13(25-16(24-11)27-4-6-29-7-5-27)10-23-17(28)26-12-2-3-15(19)14(9-12)18(20,21)22/h2-3,8-9H,4-7,10H2,1H3,(H2,23,26,28). The smallest absolute Gasteiger partial charge is 0.378 e. The van der Waals surface area contributed by atoms with E-state index in [-0.39, 0.29) is 12.2 Å². The topological polar surface area (TPSA) is 79.4 Å². The maximum absolute atomic E-state index is 12.9. The molecule has 2 heterocycles. The molecule has 11 heteroatoms. The average Bonchev–Trinajstić information content (AvgIpc) is 2.67. The number of benzene rings is 1. The molecule has 0 unspecified atom stereocenters. The monoisotopic (exact) mass is 429 g/mol. The van der Waals surface area contributed by atoms with Crippen LogP contribution in [0.25, 0.3) is 0 Å². The number of ether oxygens (including phenoxy) is 1. The highest BCUT2D eigenvalue weighted by Gasteiger charge is 2.33. The van der Waals surface area contributed by atoms with Crippen molar-refractivity contribution >= 4 is 29.3 Å². The number of nitrogens with one attached hydrogen (secondary N) is 2. The largest absolute Gasteiger partial charge is 0.417 e. The Morgan fingerprint density at radius 3 is 2.66 bits per heavy atom. The molecule has 1 aromatic heterocycles. The van der Waals surface area contributed by atoms with Gasteiger partial charge in [-0.1, -0.05) is 11.6 Å². The van der Waals surface area contributed by atoms with Gasteiger partial charge in [0.2, 0.25) is 5.95 Å². The summed E-state index contributed by atoms with van der Waals surface area (Å²) >= 11 is 5.58. The van der Waals surface area contributed by atoms with Crippen LogP contribution in [0.4, 0.5) is 29.6 Å². The number of anilines is 2. The Morgan fingerprint density at radius 2 is 1.97 bits per heavy atom. The molecule has 3 rings (SSSR count). The lowest BCUT2D eigenvalue weighted by Crippen LogP contribution is -2.37. The summed E-state index contributed by atoms with van der Waals surface area (Å²) in [5.41, 5.74) is 0.290. The highest BCUT2D eigenvalue weighted by atomic mass is 35.5. The number of nitrogens with zero attached hydrogens (tertiary/aromatic N) is 3. The lowest BCUT2D eigenvalue weighted by molar-refractivity contribution is -0.137. The second-order valence-electron chi connectivity index (χ2n) is 6.40. The van der Waals surface area contributed by atoms with Crippen molar-refractivity contribution in [1.82, 2.24) is 15.3 Å². The fraction of sp³-hybridized carbons (Fsp3) is 0.389. The van der Waals surface area contributed by atoms with E-state index >= 15 is 0 Å². The number of halogens is 4. The van der Waals surface area contributed by atoms with Crippen molar-refractivity contribution in [2.45, 2.75) is 19.6 Å². The fourth-order valence-corrected chi connectivity index (χ4v) is 3.00. The summed E-state index contributed by atoms with van der Waals surface area (Å²) in [6, 6.07) is 4.23. The van der Waals surface area contributed by atoms with Gasteiger partial charge in [-0.2, -0.15) is 13.2 Å². The predicted molar refractivity (Wildman–Crippen MR) is 102 cm³/mol. The molecular formula is C18H19ClF3N5O2. The molecule has 0 bridgehead atoms. The predicted octanol–water partition coefficient (Wildman–Crippen LogP) is 3.62. The van der Waals surface area contributed by atoms with Crippen LogP contribution in [0.2, 0.25) is 5.02 Å². The van der Waals surface area contributed by atoms with Gasteiger partial charge in [0, 0.05) is 24.5 Å². The molecule has 1 aliphatic heterocycles. The molecule has 2 amide bonds. The molecule has 1 aromatic carbocycles. The number of alkyl halides is 3. The van der Waals surface area contributed by atoms with Crippen molar-refractivity contribution in [3.8, 4) is 0 Å². The lowest BCUT2D eigenvalue weighted by Gasteiger charge is -2.27. The van der Waals surface area contributed by atoms with Crippen molar-refractivity contribution in [2.24, 2.45) is 0 Å². The van der Waals surface area contributed by atoms with E-state index < -0.39 is 22.8 Å². The number of urea groups is 1. The van der Waals surface area contributed by atoms with Gasteiger partial charge >= 0.3 is 12.2 Å². The van der Waals surface area contributed by atoms with Crippen LogP contribution in [-0.4, -0.2) is 42.3 Å². The van der Waals surface area contributed by atoms with Gasteiger partial charge in [0.1, 0.15) is 0 Å². The van der Waals surface area contributed by atoms with Crippen LogP contribution >= 0.6 is 11.6 Å². The highest BCUT2D eigenvalue weighted by Crippen LogP contribution is 2.36. The molecule has 0 radical (unpaired) electrons. The third-order valence-electron chi connectivity index (χ3n) is 4.15. The van der Waals surface area contributed by atoms with Gasteiger partial charge in [0.25, 0.3) is 0 Å². The molecule has 0 spiro atoms. The Morgan fingerprint density at radius 1 is 1.24 bits per heavy atom. The van der Waals surface area contributed by atoms with Gasteiger partial charge in [-0.15, -0.1) is 0 Å². The lowest BCUT2D eigenvalue weighted by atomic mass is 10.2. The molecular weight excluding hydrogens is 411 g/mol. The summed E-state index contributed by atoms with van der Waals surface area (Å²) in [5, 5.41) is 4.51. The zero-order chi connectivity index (χ0) is 21.0. The average molecular weight is 430 g/mol. The minimum absolute atomic E-state index is 0.0212. The SMILES string of the molecule is Cc1cc(CNC(=O)Nc2ccc(Cl)c(C(F)(F)F)c2)nc(N2CCOCC2)n1. The van der Waals surface area contributed by atoms with E-state index in [1.165, 1.54) is 6.07 Å². The Hall–Kier alpha value is -2.59. The van der Waals surface area contributed by atoms with Crippen LogP contribution in [-0.2, 0) is 17.5 Å². The number of amides is 2. The normalized spacial score (nSPS) is 14.6. The Balaban J connectivity index is 1.63. The minimum atomic E-state index is -4.61. The molecule has 2 N–H and O–H groups in total. The Labute approximate surface area is 170 Å². The first-order chi connectivity index (χ1) is 13.7. The summed E-state index contributed by atoms with van der Waals surface area (Å²) in [6.45, 7) is 4.44. The number of hydrogen-bond acceptors (Lipinski definition) is 5. The molecule has 1 aliphatic rings. The minimum Gasteiger partial charge on any atom is -0.378 e. The number of aryl methyl sites for hydroxylation is 1. The second-order valence-corrected chi connectivity index (χ2v) is 6.81. The summed E-state index contributed by atoms with van der Waals surface area (Å²) < 4.78 is 44.1. The van der Waals surface area contributed by atoms with E-state index in [4.69, 9.17) is 16.3 Å². The molecule has 1 fully saturated rings. The number of rotatable bonds is 4. The van der Waals surface area contributed by atoms with Crippen molar-refractivity contribution in [3.05, 3.63) is 46.2 Å². The number of carbonyl (C=O) groups excluding carboxylic acids is 1. The first-order valence-electron chi connectivity index (χ1n) is 8.81. The molecule has 29 heavy (non-hydrogen) atoms. The summed E-state index contributed by atoms with van der Waals surface area (Å²) in [6.07, 6.45) is -4.61. The van der Waals surface area contributed by atoms with Crippen LogP contribution in [0.1, 0.15) is 17.0 Å². The fourth-order valence-electron chi connectivity index (χ4n) is 2.78. The molecule has 0 atom stereocenters. The maximum atomic E-state index is 12.9. The molecule has 156 valence electrons. The highest BCUT2D eigenvalue weighted by molar-refractivity contribution is 6.31. The van der Waals surface area contributed by atoms with E-state index in [0.717, 1.165) is 17.8 Å². The number of hydrogen-bond donors (Lipinski definition) is 2. The molecule has 0 aliphatic carbocycles.